The number of hydrogen-bond donors (Lipinski definition) is 2. The van der Waals surface area contributed by atoms with E-state index in [0.717, 1.165) is 57.6 Å². The number of piperidine rings is 1. The number of nitrogens with zero attached hydrogens (tertiary/aromatic N) is 6. The molecule has 2 saturated heterocycles. The standard InChI is InChI=1S/C21H38N8.HI/c1-18(2)28-12-6-19(7-13-28)26-20(22-3)23-10-5-11-27-14-16-29(17-15-27)21-24-8-4-9-25-21;/h4,8-9,18-19H,5-7,10-17H2,1-3H3,(H2,22,23,26);1H. The molecular formula is C21H39IN8. The maximum atomic E-state index is 4.41. The number of guanidine groups is 1. The van der Waals surface area contributed by atoms with E-state index in [4.69, 9.17) is 0 Å². The first-order valence-corrected chi connectivity index (χ1v) is 11.1. The lowest BCUT2D eigenvalue weighted by molar-refractivity contribution is 0.167. The van der Waals surface area contributed by atoms with E-state index in [1.807, 2.05) is 25.5 Å². The van der Waals surface area contributed by atoms with Crippen LogP contribution in [-0.4, -0.2) is 97.2 Å². The van der Waals surface area contributed by atoms with E-state index in [1.165, 1.54) is 25.9 Å². The van der Waals surface area contributed by atoms with E-state index < -0.39 is 0 Å². The van der Waals surface area contributed by atoms with Crippen LogP contribution in [0.4, 0.5) is 5.95 Å². The molecule has 2 aliphatic rings. The van der Waals surface area contributed by atoms with Crippen molar-refractivity contribution in [2.24, 2.45) is 4.99 Å². The van der Waals surface area contributed by atoms with Gasteiger partial charge in [0.2, 0.25) is 5.95 Å². The van der Waals surface area contributed by atoms with E-state index in [2.05, 4.69) is 54.1 Å². The van der Waals surface area contributed by atoms with Crippen LogP contribution in [0, 0.1) is 0 Å². The number of piperazine rings is 1. The molecule has 2 N–H and O–H groups in total. The predicted molar refractivity (Wildman–Crippen MR) is 135 cm³/mol. The van der Waals surface area contributed by atoms with Gasteiger partial charge < -0.3 is 20.4 Å². The second-order valence-corrected chi connectivity index (χ2v) is 8.28. The van der Waals surface area contributed by atoms with Crippen molar-refractivity contribution in [1.29, 1.82) is 0 Å². The van der Waals surface area contributed by atoms with E-state index in [9.17, 15) is 0 Å². The number of rotatable bonds is 7. The van der Waals surface area contributed by atoms with Crippen molar-refractivity contribution in [2.45, 2.75) is 45.2 Å². The van der Waals surface area contributed by atoms with E-state index in [0.29, 0.717) is 12.1 Å². The average molecular weight is 531 g/mol. The van der Waals surface area contributed by atoms with Crippen molar-refractivity contribution in [3.8, 4) is 0 Å². The molecule has 0 amide bonds. The second-order valence-electron chi connectivity index (χ2n) is 8.28. The number of likely N-dealkylation sites (tertiary alicyclic amines) is 1. The van der Waals surface area contributed by atoms with Gasteiger partial charge >= 0.3 is 0 Å². The molecule has 8 nitrogen and oxygen atoms in total. The summed E-state index contributed by atoms with van der Waals surface area (Å²) in [6.45, 7) is 13.1. The number of aromatic nitrogens is 2. The van der Waals surface area contributed by atoms with Crippen molar-refractivity contribution < 1.29 is 0 Å². The van der Waals surface area contributed by atoms with Crippen LogP contribution in [0.3, 0.4) is 0 Å². The average Bonchev–Trinajstić information content (AvgIpc) is 2.77. The Morgan fingerprint density at radius 2 is 1.77 bits per heavy atom. The van der Waals surface area contributed by atoms with Gasteiger partial charge in [-0.05, 0) is 45.7 Å². The largest absolute Gasteiger partial charge is 0.356 e. The first kappa shape index (κ1) is 25.1. The Hall–Kier alpha value is -1.20. The lowest BCUT2D eigenvalue weighted by Gasteiger charge is -2.35. The molecule has 0 spiro atoms. The van der Waals surface area contributed by atoms with E-state index in [1.54, 1.807) is 0 Å². The molecule has 30 heavy (non-hydrogen) atoms. The summed E-state index contributed by atoms with van der Waals surface area (Å²) in [6, 6.07) is 3.05. The fourth-order valence-corrected chi connectivity index (χ4v) is 4.08. The van der Waals surface area contributed by atoms with E-state index in [-0.39, 0.29) is 24.0 Å². The molecule has 9 heteroatoms. The number of nitrogens with one attached hydrogen (secondary N) is 2. The third kappa shape index (κ3) is 7.81. The zero-order valence-electron chi connectivity index (χ0n) is 18.8. The summed E-state index contributed by atoms with van der Waals surface area (Å²) in [5.74, 6) is 1.79. The van der Waals surface area contributed by atoms with Crippen LogP contribution >= 0.6 is 24.0 Å². The van der Waals surface area contributed by atoms with Crippen LogP contribution < -0.4 is 15.5 Å². The van der Waals surface area contributed by atoms with Crippen molar-refractivity contribution in [3.05, 3.63) is 18.5 Å². The third-order valence-electron chi connectivity index (χ3n) is 5.98. The lowest BCUT2D eigenvalue weighted by atomic mass is 10.0. The SMILES string of the molecule is CN=C(NCCCN1CCN(c2ncccn2)CC1)NC1CCN(C(C)C)CC1.I. The summed E-state index contributed by atoms with van der Waals surface area (Å²) in [5.41, 5.74) is 0. The molecule has 0 saturated carbocycles. The smallest absolute Gasteiger partial charge is 0.225 e. The Bertz CT molecular complexity index is 611. The molecular weight excluding hydrogens is 491 g/mol. The monoisotopic (exact) mass is 530 g/mol. The molecule has 0 aromatic carbocycles. The van der Waals surface area contributed by atoms with Crippen LogP contribution in [0.1, 0.15) is 33.1 Å². The minimum Gasteiger partial charge on any atom is -0.356 e. The molecule has 0 bridgehead atoms. The van der Waals surface area contributed by atoms with Gasteiger partial charge in [0.15, 0.2) is 5.96 Å². The van der Waals surface area contributed by atoms with Gasteiger partial charge in [-0.3, -0.25) is 9.89 Å². The fraction of sp³-hybridized carbons (Fsp3) is 0.762. The van der Waals surface area contributed by atoms with Crippen LogP contribution in [0.5, 0.6) is 0 Å². The van der Waals surface area contributed by atoms with Gasteiger partial charge in [-0.1, -0.05) is 0 Å². The molecule has 1 aromatic heterocycles. The molecule has 1 aromatic rings. The molecule has 0 atom stereocenters. The molecule has 2 aliphatic heterocycles. The van der Waals surface area contributed by atoms with Crippen molar-refractivity contribution in [2.75, 3.05) is 64.3 Å². The zero-order chi connectivity index (χ0) is 20.5. The summed E-state index contributed by atoms with van der Waals surface area (Å²) in [4.78, 5) is 20.5. The summed E-state index contributed by atoms with van der Waals surface area (Å²) in [5, 5.41) is 7.10. The van der Waals surface area contributed by atoms with Crippen molar-refractivity contribution in [1.82, 2.24) is 30.4 Å². The first-order chi connectivity index (χ1) is 14.2. The summed E-state index contributed by atoms with van der Waals surface area (Å²) < 4.78 is 0. The Balaban J connectivity index is 0.00000320. The van der Waals surface area contributed by atoms with E-state index >= 15 is 0 Å². The number of halogens is 1. The molecule has 0 aliphatic carbocycles. The molecule has 3 heterocycles. The Labute approximate surface area is 198 Å². The molecule has 0 radical (unpaired) electrons. The van der Waals surface area contributed by atoms with Crippen LogP contribution in [0.2, 0.25) is 0 Å². The van der Waals surface area contributed by atoms with Crippen LogP contribution in [-0.2, 0) is 0 Å². The second kappa shape index (κ2) is 13.3. The quantitative estimate of drug-likeness (QED) is 0.241. The van der Waals surface area contributed by atoms with Gasteiger partial charge in [0.25, 0.3) is 0 Å². The minimum atomic E-state index is 0. The van der Waals surface area contributed by atoms with Crippen molar-refractivity contribution in [3.63, 3.8) is 0 Å². The lowest BCUT2D eigenvalue weighted by Crippen LogP contribution is -2.50. The van der Waals surface area contributed by atoms with Gasteiger partial charge in [0.1, 0.15) is 0 Å². The van der Waals surface area contributed by atoms with Gasteiger partial charge in [-0.2, -0.15) is 0 Å². The zero-order valence-corrected chi connectivity index (χ0v) is 21.1. The topological polar surface area (TPSA) is 71.9 Å². The van der Waals surface area contributed by atoms with Crippen molar-refractivity contribution >= 4 is 35.9 Å². The van der Waals surface area contributed by atoms with Gasteiger partial charge in [-0.15, -0.1) is 24.0 Å². The van der Waals surface area contributed by atoms with Crippen LogP contribution in [0.15, 0.2) is 23.5 Å². The summed E-state index contributed by atoms with van der Waals surface area (Å²) >= 11 is 0. The molecule has 2 fully saturated rings. The Kier molecular flexibility index (Phi) is 11.1. The normalized spacial score (nSPS) is 19.6. The fourth-order valence-electron chi connectivity index (χ4n) is 4.08. The molecule has 0 unspecified atom stereocenters. The highest BCUT2D eigenvalue weighted by Crippen LogP contribution is 2.13. The van der Waals surface area contributed by atoms with Crippen LogP contribution in [0.25, 0.3) is 0 Å². The Morgan fingerprint density at radius 3 is 2.37 bits per heavy atom. The number of anilines is 1. The van der Waals surface area contributed by atoms with Gasteiger partial charge in [0, 0.05) is 77.3 Å². The maximum absolute atomic E-state index is 4.41. The highest BCUT2D eigenvalue weighted by atomic mass is 127. The van der Waals surface area contributed by atoms with Gasteiger partial charge in [0.05, 0.1) is 0 Å². The Morgan fingerprint density at radius 1 is 1.10 bits per heavy atom. The first-order valence-electron chi connectivity index (χ1n) is 11.1. The van der Waals surface area contributed by atoms with Gasteiger partial charge in [-0.25, -0.2) is 9.97 Å². The highest BCUT2D eigenvalue weighted by molar-refractivity contribution is 14.0. The maximum Gasteiger partial charge on any atom is 0.225 e. The summed E-state index contributed by atoms with van der Waals surface area (Å²) in [7, 11) is 1.86. The number of aliphatic imine (C=N–C) groups is 1. The summed E-state index contributed by atoms with van der Waals surface area (Å²) in [6.07, 6.45) is 7.13. The predicted octanol–water partition coefficient (Wildman–Crippen LogP) is 1.64. The molecule has 3 rings (SSSR count). The third-order valence-corrected chi connectivity index (χ3v) is 5.98. The minimum absolute atomic E-state index is 0. The highest BCUT2D eigenvalue weighted by Gasteiger charge is 2.21. The number of hydrogen-bond acceptors (Lipinski definition) is 6. The molecule has 170 valence electrons.